The van der Waals surface area contributed by atoms with E-state index in [1.165, 1.54) is 18.5 Å². The van der Waals surface area contributed by atoms with Crippen molar-refractivity contribution in [1.82, 2.24) is 15.3 Å². The Kier molecular flexibility index (Phi) is 5.53. The van der Waals surface area contributed by atoms with Gasteiger partial charge in [0, 0.05) is 36.7 Å². The molecule has 132 valence electrons. The predicted octanol–water partition coefficient (Wildman–Crippen LogP) is 3.70. The number of halogens is 1. The summed E-state index contributed by atoms with van der Waals surface area (Å²) in [5.74, 6) is -0.173. The van der Waals surface area contributed by atoms with Crippen LogP contribution in [0.5, 0.6) is 0 Å². The Balaban J connectivity index is 1.68. The normalized spacial score (nSPS) is 10.4. The summed E-state index contributed by atoms with van der Waals surface area (Å²) >= 11 is 0. The third-order valence-corrected chi connectivity index (χ3v) is 3.92. The lowest BCUT2D eigenvalue weighted by molar-refractivity contribution is 0.0950. The average Bonchev–Trinajstić information content (AvgIpc) is 2.69. The van der Waals surface area contributed by atoms with E-state index in [0.29, 0.717) is 23.6 Å². The van der Waals surface area contributed by atoms with Crippen LogP contribution < -0.4 is 10.2 Å². The summed E-state index contributed by atoms with van der Waals surface area (Å²) < 4.78 is 13.6. The molecule has 3 rings (SSSR count). The van der Waals surface area contributed by atoms with Crippen molar-refractivity contribution in [2.45, 2.75) is 13.5 Å². The van der Waals surface area contributed by atoms with Crippen LogP contribution in [0.15, 0.2) is 67.0 Å². The zero-order valence-electron chi connectivity index (χ0n) is 14.4. The summed E-state index contributed by atoms with van der Waals surface area (Å²) in [5, 5.41) is 2.68. The van der Waals surface area contributed by atoms with E-state index in [0.717, 1.165) is 5.69 Å². The number of carbonyl (C=O) groups is 1. The molecular weight excluding hydrogens is 331 g/mol. The molecule has 0 saturated heterocycles. The van der Waals surface area contributed by atoms with Crippen LogP contribution >= 0.6 is 0 Å². The van der Waals surface area contributed by atoms with E-state index < -0.39 is 0 Å². The van der Waals surface area contributed by atoms with Gasteiger partial charge in [0.25, 0.3) is 5.91 Å². The van der Waals surface area contributed by atoms with E-state index in [2.05, 4.69) is 15.3 Å². The van der Waals surface area contributed by atoms with Crippen LogP contribution in [-0.2, 0) is 6.54 Å². The van der Waals surface area contributed by atoms with E-state index in [-0.39, 0.29) is 18.3 Å². The molecule has 0 atom stereocenters. The van der Waals surface area contributed by atoms with Crippen molar-refractivity contribution >= 4 is 17.5 Å². The first-order valence-electron chi connectivity index (χ1n) is 8.35. The molecule has 6 heteroatoms. The minimum atomic E-state index is -0.346. The highest BCUT2D eigenvalue weighted by molar-refractivity contribution is 5.93. The smallest absolute Gasteiger partial charge is 0.254 e. The first kappa shape index (κ1) is 17.5. The second kappa shape index (κ2) is 8.20. The van der Waals surface area contributed by atoms with Crippen molar-refractivity contribution in [2.75, 3.05) is 11.4 Å². The number of hydrogen-bond acceptors (Lipinski definition) is 4. The maximum Gasteiger partial charge on any atom is 0.254 e. The fourth-order valence-corrected chi connectivity index (χ4v) is 2.54. The summed E-state index contributed by atoms with van der Waals surface area (Å²) in [7, 11) is 0. The fourth-order valence-electron chi connectivity index (χ4n) is 2.54. The molecule has 1 aromatic heterocycles. The molecule has 0 spiro atoms. The SMILES string of the molecule is CCN(c1ccccc1)c1ncc(C(=O)NCc2ccccc2F)cn1. The molecule has 26 heavy (non-hydrogen) atoms. The zero-order chi connectivity index (χ0) is 18.4. The molecule has 2 aromatic carbocycles. The maximum atomic E-state index is 13.6. The van der Waals surface area contributed by atoms with Gasteiger partial charge < -0.3 is 10.2 Å². The third kappa shape index (κ3) is 4.03. The third-order valence-electron chi connectivity index (χ3n) is 3.92. The predicted molar refractivity (Wildman–Crippen MR) is 98.7 cm³/mol. The van der Waals surface area contributed by atoms with Gasteiger partial charge in [-0.25, -0.2) is 14.4 Å². The molecule has 3 aromatic rings. The molecule has 0 aliphatic rings. The number of aromatic nitrogens is 2. The molecule has 1 amide bonds. The lowest BCUT2D eigenvalue weighted by Crippen LogP contribution is -2.24. The largest absolute Gasteiger partial charge is 0.348 e. The first-order valence-corrected chi connectivity index (χ1v) is 8.35. The number of amides is 1. The number of rotatable bonds is 6. The second-order valence-corrected chi connectivity index (χ2v) is 5.63. The number of nitrogens with zero attached hydrogens (tertiary/aromatic N) is 3. The van der Waals surface area contributed by atoms with Crippen LogP contribution in [0.1, 0.15) is 22.8 Å². The van der Waals surface area contributed by atoms with Crippen LogP contribution in [0.25, 0.3) is 0 Å². The van der Waals surface area contributed by atoms with Crippen molar-refractivity contribution in [3.8, 4) is 0 Å². The highest BCUT2D eigenvalue weighted by Gasteiger charge is 2.12. The number of hydrogen-bond donors (Lipinski definition) is 1. The Morgan fingerprint density at radius 1 is 1.04 bits per heavy atom. The molecular formula is C20H19FN4O. The van der Waals surface area contributed by atoms with Gasteiger partial charge in [0.2, 0.25) is 5.95 Å². The number of anilines is 2. The quantitative estimate of drug-likeness (QED) is 0.736. The van der Waals surface area contributed by atoms with E-state index in [1.54, 1.807) is 18.2 Å². The molecule has 1 heterocycles. The van der Waals surface area contributed by atoms with Crippen molar-refractivity contribution in [3.63, 3.8) is 0 Å². The summed E-state index contributed by atoms with van der Waals surface area (Å²) in [5.41, 5.74) is 1.74. The lowest BCUT2D eigenvalue weighted by Gasteiger charge is -2.20. The second-order valence-electron chi connectivity index (χ2n) is 5.63. The molecule has 0 fully saturated rings. The Labute approximate surface area is 151 Å². The van der Waals surface area contributed by atoms with Crippen LogP contribution in [0, 0.1) is 5.82 Å². The van der Waals surface area contributed by atoms with Crippen LogP contribution in [0.2, 0.25) is 0 Å². The fraction of sp³-hybridized carbons (Fsp3) is 0.150. The van der Waals surface area contributed by atoms with Gasteiger partial charge in [-0.2, -0.15) is 0 Å². The van der Waals surface area contributed by atoms with Gasteiger partial charge in [-0.1, -0.05) is 36.4 Å². The Morgan fingerprint density at radius 2 is 1.69 bits per heavy atom. The minimum Gasteiger partial charge on any atom is -0.348 e. The molecule has 1 N–H and O–H groups in total. The van der Waals surface area contributed by atoms with Gasteiger partial charge in [-0.05, 0) is 25.1 Å². The molecule has 0 aliphatic carbocycles. The number of para-hydroxylation sites is 1. The molecule has 0 aliphatic heterocycles. The Morgan fingerprint density at radius 3 is 2.35 bits per heavy atom. The van der Waals surface area contributed by atoms with Crippen molar-refractivity contribution in [3.05, 3.63) is 83.9 Å². The van der Waals surface area contributed by atoms with Gasteiger partial charge in [0.1, 0.15) is 5.82 Å². The van der Waals surface area contributed by atoms with Gasteiger partial charge in [-0.3, -0.25) is 4.79 Å². The molecule has 5 nitrogen and oxygen atoms in total. The standard InChI is InChI=1S/C20H19FN4O/c1-2-25(17-9-4-3-5-10-17)20-23-13-16(14-24-20)19(26)22-12-15-8-6-7-11-18(15)21/h3-11,13-14H,2,12H2,1H3,(H,22,26). The topological polar surface area (TPSA) is 58.1 Å². The number of benzene rings is 2. The lowest BCUT2D eigenvalue weighted by atomic mass is 10.2. The van der Waals surface area contributed by atoms with Gasteiger partial charge in [0.05, 0.1) is 5.56 Å². The van der Waals surface area contributed by atoms with Gasteiger partial charge >= 0.3 is 0 Å². The van der Waals surface area contributed by atoms with Gasteiger partial charge in [-0.15, -0.1) is 0 Å². The first-order chi connectivity index (χ1) is 12.7. The summed E-state index contributed by atoms with van der Waals surface area (Å²) in [4.78, 5) is 22.8. The van der Waals surface area contributed by atoms with E-state index in [9.17, 15) is 9.18 Å². The Bertz CT molecular complexity index is 868. The highest BCUT2D eigenvalue weighted by atomic mass is 19.1. The number of carbonyl (C=O) groups excluding carboxylic acids is 1. The Hall–Kier alpha value is -3.28. The van der Waals surface area contributed by atoms with E-state index in [4.69, 9.17) is 0 Å². The molecule has 0 radical (unpaired) electrons. The minimum absolute atomic E-state index is 0.109. The van der Waals surface area contributed by atoms with Gasteiger partial charge in [0.15, 0.2) is 0 Å². The van der Waals surface area contributed by atoms with Crippen molar-refractivity contribution < 1.29 is 9.18 Å². The average molecular weight is 350 g/mol. The monoisotopic (exact) mass is 350 g/mol. The highest BCUT2D eigenvalue weighted by Crippen LogP contribution is 2.20. The summed E-state index contributed by atoms with van der Waals surface area (Å²) in [6.45, 7) is 2.81. The number of nitrogens with one attached hydrogen (secondary N) is 1. The van der Waals surface area contributed by atoms with Crippen molar-refractivity contribution in [2.24, 2.45) is 0 Å². The van der Waals surface area contributed by atoms with Crippen LogP contribution in [-0.4, -0.2) is 22.4 Å². The summed E-state index contributed by atoms with van der Waals surface area (Å²) in [6, 6.07) is 16.1. The van der Waals surface area contributed by atoms with Crippen molar-refractivity contribution in [1.29, 1.82) is 0 Å². The molecule has 0 bridgehead atoms. The maximum absolute atomic E-state index is 13.6. The zero-order valence-corrected chi connectivity index (χ0v) is 14.4. The molecule has 0 saturated carbocycles. The molecule has 0 unspecified atom stereocenters. The van der Waals surface area contributed by atoms with Crippen LogP contribution in [0.3, 0.4) is 0 Å². The van der Waals surface area contributed by atoms with Crippen LogP contribution in [0.4, 0.5) is 16.0 Å². The van der Waals surface area contributed by atoms with E-state index >= 15 is 0 Å². The summed E-state index contributed by atoms with van der Waals surface area (Å²) in [6.07, 6.45) is 2.95. The van der Waals surface area contributed by atoms with E-state index in [1.807, 2.05) is 42.2 Å².